The van der Waals surface area contributed by atoms with Crippen LogP contribution in [0.3, 0.4) is 0 Å². The zero-order valence-corrected chi connectivity index (χ0v) is 16.2. The molecule has 0 aromatic carbocycles. The Morgan fingerprint density at radius 2 is 1.56 bits per heavy atom. The predicted octanol–water partition coefficient (Wildman–Crippen LogP) is 2.94. The van der Waals surface area contributed by atoms with Crippen LogP contribution in [0.5, 0.6) is 0 Å². The van der Waals surface area contributed by atoms with E-state index >= 15 is 0 Å². The van der Waals surface area contributed by atoms with Crippen LogP contribution in [0.2, 0.25) is 0 Å². The van der Waals surface area contributed by atoms with Gasteiger partial charge in [-0.15, -0.1) is 12.4 Å². The summed E-state index contributed by atoms with van der Waals surface area (Å²) >= 11 is 0. The molecular formula is C18H34ClN3O3. The van der Waals surface area contributed by atoms with Crippen molar-refractivity contribution in [1.82, 2.24) is 9.80 Å². The minimum absolute atomic E-state index is 0. The molecule has 0 aromatic heterocycles. The highest BCUT2D eigenvalue weighted by Gasteiger charge is 2.26. The molecule has 3 N–H and O–H groups in total. The Kier molecular flexibility index (Phi) is 9.57. The maximum absolute atomic E-state index is 12.4. The minimum atomic E-state index is -0.812. The van der Waals surface area contributed by atoms with Crippen molar-refractivity contribution in [3.8, 4) is 0 Å². The van der Waals surface area contributed by atoms with Gasteiger partial charge in [0, 0.05) is 26.2 Å². The first-order valence-corrected chi connectivity index (χ1v) is 9.53. The van der Waals surface area contributed by atoms with Crippen molar-refractivity contribution in [3.63, 3.8) is 0 Å². The van der Waals surface area contributed by atoms with Gasteiger partial charge in [0.05, 0.1) is 6.04 Å². The van der Waals surface area contributed by atoms with Crippen LogP contribution in [0, 0.1) is 11.8 Å². The van der Waals surface area contributed by atoms with Crippen LogP contribution in [0.15, 0.2) is 0 Å². The molecule has 2 saturated heterocycles. The van der Waals surface area contributed by atoms with Gasteiger partial charge >= 0.3 is 6.09 Å². The standard InChI is InChI=1S/C18H33N3O3.ClH/c1-2-14-6-10-20(11-7-14)17(22)16(19)5-3-4-15-8-12-21(13-9-15)18(23)24;/h14-16H,2-13,19H2,1H3,(H,23,24);1H. The summed E-state index contributed by atoms with van der Waals surface area (Å²) in [7, 11) is 0. The third-order valence-corrected chi connectivity index (χ3v) is 5.83. The summed E-state index contributed by atoms with van der Waals surface area (Å²) in [5.41, 5.74) is 6.12. The molecule has 0 aromatic rings. The summed E-state index contributed by atoms with van der Waals surface area (Å²) in [4.78, 5) is 26.8. The lowest BCUT2D eigenvalue weighted by atomic mass is 9.90. The van der Waals surface area contributed by atoms with Gasteiger partial charge in [0.25, 0.3) is 0 Å². The van der Waals surface area contributed by atoms with Crippen LogP contribution in [0.4, 0.5) is 4.79 Å². The molecule has 1 atom stereocenters. The molecule has 0 radical (unpaired) electrons. The van der Waals surface area contributed by atoms with Gasteiger partial charge in [-0.25, -0.2) is 4.79 Å². The molecule has 0 aliphatic carbocycles. The van der Waals surface area contributed by atoms with Crippen LogP contribution in [0.1, 0.15) is 58.3 Å². The lowest BCUT2D eigenvalue weighted by Gasteiger charge is -2.33. The van der Waals surface area contributed by atoms with E-state index in [1.165, 1.54) is 11.3 Å². The van der Waals surface area contributed by atoms with Gasteiger partial charge in [0.2, 0.25) is 5.91 Å². The molecule has 1 unspecified atom stereocenters. The van der Waals surface area contributed by atoms with Gasteiger partial charge in [-0.2, -0.15) is 0 Å². The average molecular weight is 376 g/mol. The monoisotopic (exact) mass is 375 g/mol. The zero-order valence-electron chi connectivity index (χ0n) is 15.4. The van der Waals surface area contributed by atoms with Crippen LogP contribution in [-0.4, -0.2) is 59.1 Å². The number of rotatable bonds is 6. The maximum Gasteiger partial charge on any atom is 0.407 e. The Morgan fingerprint density at radius 1 is 1.04 bits per heavy atom. The fraction of sp³-hybridized carbons (Fsp3) is 0.889. The highest BCUT2D eigenvalue weighted by molar-refractivity contribution is 5.85. The topological polar surface area (TPSA) is 86.9 Å². The van der Waals surface area contributed by atoms with E-state index in [0.29, 0.717) is 19.0 Å². The average Bonchev–Trinajstić information content (AvgIpc) is 2.61. The van der Waals surface area contributed by atoms with Gasteiger partial charge in [-0.3, -0.25) is 4.79 Å². The van der Waals surface area contributed by atoms with E-state index in [1.807, 2.05) is 4.90 Å². The quantitative estimate of drug-likeness (QED) is 0.747. The first kappa shape index (κ1) is 22.0. The van der Waals surface area contributed by atoms with Gasteiger partial charge in [0.15, 0.2) is 0 Å². The molecule has 0 spiro atoms. The molecule has 2 rings (SSSR count). The van der Waals surface area contributed by atoms with Crippen LogP contribution >= 0.6 is 12.4 Å². The predicted molar refractivity (Wildman–Crippen MR) is 101 cm³/mol. The molecule has 0 saturated carbocycles. The zero-order chi connectivity index (χ0) is 17.5. The van der Waals surface area contributed by atoms with Gasteiger partial charge in [-0.1, -0.05) is 26.2 Å². The van der Waals surface area contributed by atoms with Crippen molar-refractivity contribution >= 4 is 24.4 Å². The second-order valence-corrected chi connectivity index (χ2v) is 7.43. The molecule has 25 heavy (non-hydrogen) atoms. The number of nitrogens with two attached hydrogens (primary N) is 1. The molecule has 2 amide bonds. The van der Waals surface area contributed by atoms with Crippen molar-refractivity contribution < 1.29 is 14.7 Å². The van der Waals surface area contributed by atoms with E-state index in [2.05, 4.69) is 6.92 Å². The molecule has 146 valence electrons. The summed E-state index contributed by atoms with van der Waals surface area (Å²) in [5, 5.41) is 8.96. The molecule has 2 heterocycles. The lowest BCUT2D eigenvalue weighted by Crippen LogP contribution is -2.47. The summed E-state index contributed by atoms with van der Waals surface area (Å²) in [6.07, 6.45) is 7.21. The smallest absolute Gasteiger partial charge is 0.407 e. The van der Waals surface area contributed by atoms with Gasteiger partial charge in [0.1, 0.15) is 0 Å². The number of amides is 2. The fourth-order valence-electron chi connectivity index (χ4n) is 3.96. The van der Waals surface area contributed by atoms with Crippen molar-refractivity contribution in [2.24, 2.45) is 17.6 Å². The van der Waals surface area contributed by atoms with E-state index in [-0.39, 0.29) is 24.4 Å². The normalized spacial score (nSPS) is 20.9. The third-order valence-electron chi connectivity index (χ3n) is 5.83. The van der Waals surface area contributed by atoms with Crippen molar-refractivity contribution in [2.45, 2.75) is 64.3 Å². The second kappa shape index (κ2) is 10.9. The van der Waals surface area contributed by atoms with Crippen molar-refractivity contribution in [3.05, 3.63) is 0 Å². The van der Waals surface area contributed by atoms with Gasteiger partial charge in [-0.05, 0) is 43.9 Å². The number of nitrogens with zero attached hydrogens (tertiary/aromatic N) is 2. The Bertz CT molecular complexity index is 420. The first-order valence-electron chi connectivity index (χ1n) is 9.53. The summed E-state index contributed by atoms with van der Waals surface area (Å²) in [6.45, 7) is 5.21. The number of hydrogen-bond donors (Lipinski definition) is 2. The van der Waals surface area contributed by atoms with Crippen molar-refractivity contribution in [2.75, 3.05) is 26.2 Å². The van der Waals surface area contributed by atoms with E-state index in [9.17, 15) is 9.59 Å². The number of carbonyl (C=O) groups is 2. The highest BCUT2D eigenvalue weighted by atomic mass is 35.5. The van der Waals surface area contributed by atoms with E-state index in [0.717, 1.165) is 64.0 Å². The molecule has 7 heteroatoms. The minimum Gasteiger partial charge on any atom is -0.465 e. The van der Waals surface area contributed by atoms with Gasteiger partial charge < -0.3 is 20.6 Å². The highest BCUT2D eigenvalue weighted by Crippen LogP contribution is 2.24. The SMILES string of the molecule is CCC1CCN(C(=O)C(N)CCCC2CCN(C(=O)O)CC2)CC1.Cl. The Labute approximate surface area is 157 Å². The number of halogens is 1. The fourth-order valence-corrected chi connectivity index (χ4v) is 3.96. The maximum atomic E-state index is 12.4. The lowest BCUT2D eigenvalue weighted by molar-refractivity contribution is -0.134. The molecule has 6 nitrogen and oxygen atoms in total. The first-order chi connectivity index (χ1) is 11.5. The van der Waals surface area contributed by atoms with Crippen molar-refractivity contribution in [1.29, 1.82) is 0 Å². The Hall–Kier alpha value is -1.01. The second-order valence-electron chi connectivity index (χ2n) is 7.43. The summed E-state index contributed by atoms with van der Waals surface area (Å²) in [5.74, 6) is 1.45. The summed E-state index contributed by atoms with van der Waals surface area (Å²) in [6, 6.07) is -0.373. The largest absolute Gasteiger partial charge is 0.465 e. The molecule has 2 fully saturated rings. The third kappa shape index (κ3) is 6.66. The number of likely N-dealkylation sites (tertiary alicyclic amines) is 2. The van der Waals surface area contributed by atoms with Crippen LogP contribution in [-0.2, 0) is 4.79 Å². The van der Waals surface area contributed by atoms with Crippen LogP contribution < -0.4 is 5.73 Å². The Morgan fingerprint density at radius 3 is 2.08 bits per heavy atom. The number of hydrogen-bond acceptors (Lipinski definition) is 3. The molecule has 2 aliphatic heterocycles. The number of carbonyl (C=O) groups excluding carboxylic acids is 1. The molecule has 0 bridgehead atoms. The summed E-state index contributed by atoms with van der Waals surface area (Å²) < 4.78 is 0. The van der Waals surface area contributed by atoms with E-state index in [4.69, 9.17) is 10.8 Å². The Balaban J connectivity index is 0.00000312. The molecular weight excluding hydrogens is 342 g/mol. The van der Waals surface area contributed by atoms with E-state index < -0.39 is 6.09 Å². The number of piperidine rings is 2. The number of carboxylic acid groups (broad SMARTS) is 1. The van der Waals surface area contributed by atoms with Crippen LogP contribution in [0.25, 0.3) is 0 Å². The molecule has 2 aliphatic rings. The van der Waals surface area contributed by atoms with E-state index in [1.54, 1.807) is 0 Å².